The normalized spacial score (nSPS) is 49.7. The van der Waals surface area contributed by atoms with E-state index >= 15 is 0 Å². The van der Waals surface area contributed by atoms with Crippen LogP contribution in [-0.4, -0.2) is 30.7 Å². The Morgan fingerprint density at radius 1 is 1.56 bits per heavy atom. The van der Waals surface area contributed by atoms with Crippen LogP contribution in [0.15, 0.2) is 0 Å². The first-order valence-corrected chi connectivity index (χ1v) is 3.80. The van der Waals surface area contributed by atoms with E-state index < -0.39 is 0 Å². The molecule has 0 spiro atoms. The van der Waals surface area contributed by atoms with Gasteiger partial charge in [0.05, 0.1) is 11.5 Å². The fourth-order valence-electron chi connectivity index (χ4n) is 1.57. The van der Waals surface area contributed by atoms with Crippen LogP contribution in [0.2, 0.25) is 0 Å². The molecule has 2 saturated heterocycles. The highest BCUT2D eigenvalue weighted by Crippen LogP contribution is 2.24. The van der Waals surface area contributed by atoms with Crippen molar-refractivity contribution in [2.24, 2.45) is 0 Å². The first kappa shape index (κ1) is 5.96. The third kappa shape index (κ3) is 0.858. The third-order valence-electron chi connectivity index (χ3n) is 2.07. The molecule has 3 heteroatoms. The Kier molecular flexibility index (Phi) is 1.40. The summed E-state index contributed by atoms with van der Waals surface area (Å²) in [7, 11) is 0. The van der Waals surface area contributed by atoms with E-state index in [2.05, 4.69) is 5.32 Å². The van der Waals surface area contributed by atoms with Crippen molar-refractivity contribution < 1.29 is 4.74 Å². The Morgan fingerprint density at radius 3 is 3.22 bits per heavy atom. The van der Waals surface area contributed by atoms with Crippen LogP contribution in [0.3, 0.4) is 0 Å². The van der Waals surface area contributed by atoms with Gasteiger partial charge in [-0.15, -0.1) is 11.6 Å². The molecule has 2 heterocycles. The van der Waals surface area contributed by atoms with Gasteiger partial charge in [-0.2, -0.15) is 0 Å². The van der Waals surface area contributed by atoms with Crippen molar-refractivity contribution >= 4 is 11.6 Å². The molecule has 1 N–H and O–H groups in total. The Labute approximate surface area is 59.5 Å². The number of fused-ring (bicyclic) bond motifs is 1. The highest BCUT2D eigenvalue weighted by molar-refractivity contribution is 6.21. The van der Waals surface area contributed by atoms with E-state index in [1.807, 2.05) is 0 Å². The number of hydrogen-bond donors (Lipinski definition) is 1. The summed E-state index contributed by atoms with van der Waals surface area (Å²) in [6.07, 6.45) is 1.43. The Balaban J connectivity index is 2.07. The van der Waals surface area contributed by atoms with E-state index in [9.17, 15) is 0 Å². The molecule has 0 radical (unpaired) electrons. The molecule has 3 atom stereocenters. The van der Waals surface area contributed by atoms with Gasteiger partial charge in [0.2, 0.25) is 0 Å². The maximum absolute atomic E-state index is 5.93. The van der Waals surface area contributed by atoms with Crippen LogP contribution in [0.1, 0.15) is 6.42 Å². The summed E-state index contributed by atoms with van der Waals surface area (Å²) in [5.74, 6) is 0. The molecule has 0 aromatic rings. The minimum absolute atomic E-state index is 0.206. The lowest BCUT2D eigenvalue weighted by Crippen LogP contribution is -2.26. The van der Waals surface area contributed by atoms with Crippen molar-refractivity contribution in [3.8, 4) is 0 Å². The van der Waals surface area contributed by atoms with Crippen LogP contribution in [0.4, 0.5) is 0 Å². The van der Waals surface area contributed by atoms with Gasteiger partial charge in [0.15, 0.2) is 0 Å². The van der Waals surface area contributed by atoms with Crippen molar-refractivity contribution in [1.82, 2.24) is 5.32 Å². The number of nitrogens with one attached hydrogen (secondary N) is 1. The number of alkyl halides is 1. The standard InChI is InChI=1S/C6H10ClNO/c7-4-3-8-5-1-2-9-6(4)5/h4-6,8H,1-3H2/t4-,5+,6+/m0/s1. The van der Waals surface area contributed by atoms with Gasteiger partial charge in [0, 0.05) is 19.2 Å². The van der Waals surface area contributed by atoms with Crippen LogP contribution in [0.5, 0.6) is 0 Å². The largest absolute Gasteiger partial charge is 0.375 e. The number of rotatable bonds is 0. The lowest BCUT2D eigenvalue weighted by Gasteiger charge is -2.08. The van der Waals surface area contributed by atoms with E-state index in [4.69, 9.17) is 16.3 Å². The maximum Gasteiger partial charge on any atom is 0.0904 e. The first-order chi connectivity index (χ1) is 4.38. The van der Waals surface area contributed by atoms with Gasteiger partial charge in [-0.25, -0.2) is 0 Å². The van der Waals surface area contributed by atoms with Crippen LogP contribution in [-0.2, 0) is 4.74 Å². The molecule has 0 bridgehead atoms. The second-order valence-corrected chi connectivity index (χ2v) is 3.22. The summed E-state index contributed by atoms with van der Waals surface area (Å²) in [6, 6.07) is 0.549. The van der Waals surface area contributed by atoms with Crippen molar-refractivity contribution in [3.63, 3.8) is 0 Å². The van der Waals surface area contributed by atoms with Gasteiger partial charge >= 0.3 is 0 Å². The second kappa shape index (κ2) is 2.11. The minimum atomic E-state index is 0.206. The van der Waals surface area contributed by atoms with Crippen molar-refractivity contribution in [1.29, 1.82) is 0 Å². The quantitative estimate of drug-likeness (QED) is 0.500. The van der Waals surface area contributed by atoms with E-state index in [1.165, 1.54) is 0 Å². The predicted octanol–water partition coefficient (Wildman–Crippen LogP) is 0.355. The summed E-state index contributed by atoms with van der Waals surface area (Å²) >= 11 is 5.93. The van der Waals surface area contributed by atoms with Crippen molar-refractivity contribution in [2.45, 2.75) is 23.9 Å². The lowest BCUT2D eigenvalue weighted by atomic mass is 10.2. The molecule has 9 heavy (non-hydrogen) atoms. The van der Waals surface area contributed by atoms with E-state index in [1.54, 1.807) is 0 Å². The van der Waals surface area contributed by atoms with Gasteiger partial charge in [0.1, 0.15) is 0 Å². The van der Waals surface area contributed by atoms with Crippen molar-refractivity contribution in [2.75, 3.05) is 13.2 Å². The Morgan fingerprint density at radius 2 is 2.44 bits per heavy atom. The van der Waals surface area contributed by atoms with Gasteiger partial charge in [-0.1, -0.05) is 0 Å². The fourth-order valence-corrected chi connectivity index (χ4v) is 1.90. The van der Waals surface area contributed by atoms with Gasteiger partial charge in [-0.05, 0) is 6.42 Å². The zero-order valence-corrected chi connectivity index (χ0v) is 5.90. The van der Waals surface area contributed by atoms with Crippen LogP contribution in [0, 0.1) is 0 Å². The monoisotopic (exact) mass is 147 g/mol. The molecule has 0 saturated carbocycles. The topological polar surface area (TPSA) is 21.3 Å². The third-order valence-corrected chi connectivity index (χ3v) is 2.47. The van der Waals surface area contributed by atoms with E-state index in [0.29, 0.717) is 12.1 Å². The molecule has 2 aliphatic rings. The molecule has 52 valence electrons. The highest BCUT2D eigenvalue weighted by atomic mass is 35.5. The van der Waals surface area contributed by atoms with Gasteiger partial charge in [-0.3, -0.25) is 0 Å². The Bertz CT molecular complexity index is 120. The zero-order chi connectivity index (χ0) is 6.27. The van der Waals surface area contributed by atoms with Crippen LogP contribution < -0.4 is 5.32 Å². The minimum Gasteiger partial charge on any atom is -0.375 e. The molecule has 2 rings (SSSR count). The lowest BCUT2D eigenvalue weighted by molar-refractivity contribution is 0.114. The summed E-state index contributed by atoms with van der Waals surface area (Å²) in [4.78, 5) is 0. The smallest absolute Gasteiger partial charge is 0.0904 e. The summed E-state index contributed by atoms with van der Waals surface area (Å²) in [6.45, 7) is 1.79. The SMILES string of the molecule is Cl[C@H]1CN[C@@H]2CCO[C@H]12. The van der Waals surface area contributed by atoms with Crippen molar-refractivity contribution in [3.05, 3.63) is 0 Å². The molecule has 0 aliphatic carbocycles. The molecule has 0 aromatic carbocycles. The fraction of sp³-hybridized carbons (Fsp3) is 1.00. The summed E-state index contributed by atoms with van der Waals surface area (Å²) in [5, 5.41) is 3.52. The number of hydrogen-bond acceptors (Lipinski definition) is 2. The second-order valence-electron chi connectivity index (χ2n) is 2.65. The van der Waals surface area contributed by atoms with E-state index in [0.717, 1.165) is 19.6 Å². The zero-order valence-electron chi connectivity index (χ0n) is 5.14. The predicted molar refractivity (Wildman–Crippen MR) is 35.8 cm³/mol. The Hall–Kier alpha value is 0.210. The van der Waals surface area contributed by atoms with E-state index in [-0.39, 0.29) is 5.38 Å². The van der Waals surface area contributed by atoms with Gasteiger partial charge in [0.25, 0.3) is 0 Å². The average molecular weight is 148 g/mol. The first-order valence-electron chi connectivity index (χ1n) is 3.37. The maximum atomic E-state index is 5.93. The number of halogens is 1. The molecular weight excluding hydrogens is 138 g/mol. The molecular formula is C6H10ClNO. The molecule has 0 aromatic heterocycles. The van der Waals surface area contributed by atoms with Crippen LogP contribution in [0.25, 0.3) is 0 Å². The molecule has 0 unspecified atom stereocenters. The molecule has 2 fully saturated rings. The highest BCUT2D eigenvalue weighted by Gasteiger charge is 2.38. The summed E-state index contributed by atoms with van der Waals surface area (Å²) in [5.41, 5.74) is 0. The molecule has 2 nitrogen and oxygen atoms in total. The summed E-state index contributed by atoms with van der Waals surface area (Å²) < 4.78 is 5.39. The van der Waals surface area contributed by atoms with Crippen LogP contribution >= 0.6 is 11.6 Å². The molecule has 2 aliphatic heterocycles. The number of ether oxygens (including phenoxy) is 1. The van der Waals surface area contributed by atoms with Gasteiger partial charge < -0.3 is 10.1 Å². The molecule has 0 amide bonds. The average Bonchev–Trinajstić information content (AvgIpc) is 2.35.